The molecular weight excluding hydrogens is 164 g/mol. The van der Waals surface area contributed by atoms with Gasteiger partial charge in [-0.05, 0) is 18.9 Å². The molecule has 70 valence electrons. The van der Waals surface area contributed by atoms with Crippen LogP contribution >= 0.6 is 0 Å². The molecule has 0 aliphatic rings. The summed E-state index contributed by atoms with van der Waals surface area (Å²) >= 11 is 0. The summed E-state index contributed by atoms with van der Waals surface area (Å²) in [5.74, 6) is 0. The van der Waals surface area contributed by atoms with Crippen molar-refractivity contribution in [2.24, 2.45) is 0 Å². The van der Waals surface area contributed by atoms with Gasteiger partial charge in [0, 0.05) is 0 Å². The van der Waals surface area contributed by atoms with Gasteiger partial charge in [-0.1, -0.05) is 25.5 Å². The van der Waals surface area contributed by atoms with Crippen molar-refractivity contribution in [3.8, 4) is 0 Å². The first-order valence-corrected chi connectivity index (χ1v) is 6.26. The molecule has 0 rings (SSSR count). The largest absolute Gasteiger partial charge is 0.420 e. The molecule has 0 atom stereocenters. The molecule has 1 nitrogen and oxygen atoms in total. The maximum atomic E-state index is 5.76. The Labute approximate surface area is 78.5 Å². The molecule has 0 aromatic heterocycles. The second-order valence-corrected chi connectivity index (χ2v) is 4.34. The third-order valence-electron chi connectivity index (χ3n) is 1.71. The van der Waals surface area contributed by atoms with Gasteiger partial charge in [-0.25, -0.2) is 0 Å². The highest BCUT2D eigenvalue weighted by molar-refractivity contribution is 6.27. The molecule has 0 saturated carbocycles. The molecule has 0 N–H and O–H groups in total. The van der Waals surface area contributed by atoms with Gasteiger partial charge in [0.1, 0.15) is 0 Å². The van der Waals surface area contributed by atoms with Gasteiger partial charge in [0.05, 0.1) is 6.10 Å². The summed E-state index contributed by atoms with van der Waals surface area (Å²) in [6, 6.07) is 1.28. The fourth-order valence-electron chi connectivity index (χ4n) is 0.998. The van der Waals surface area contributed by atoms with Crippen LogP contribution in [-0.2, 0) is 4.43 Å². The summed E-state index contributed by atoms with van der Waals surface area (Å²) in [4.78, 5) is 0. The van der Waals surface area contributed by atoms with E-state index in [2.05, 4.69) is 20.1 Å². The zero-order valence-corrected chi connectivity index (χ0v) is 9.50. The van der Waals surface area contributed by atoms with Crippen molar-refractivity contribution in [2.45, 2.75) is 38.3 Å². The van der Waals surface area contributed by atoms with Crippen molar-refractivity contribution in [3.63, 3.8) is 0 Å². The smallest absolute Gasteiger partial charge is 0.162 e. The summed E-state index contributed by atoms with van der Waals surface area (Å²) in [5.41, 5.74) is 0. The standard InChI is InChI=1S/C10H20OSi/c1-4-7-10(8-5-2)11-12-9-6-3/h4-5,10H,1-2,6-9,12H2,3H3. The van der Waals surface area contributed by atoms with Crippen molar-refractivity contribution in [2.75, 3.05) is 0 Å². The van der Waals surface area contributed by atoms with Crippen LogP contribution in [0, 0.1) is 0 Å². The maximum Gasteiger partial charge on any atom is 0.162 e. The van der Waals surface area contributed by atoms with Gasteiger partial charge < -0.3 is 4.43 Å². The van der Waals surface area contributed by atoms with Gasteiger partial charge >= 0.3 is 0 Å². The third kappa shape index (κ3) is 6.37. The van der Waals surface area contributed by atoms with E-state index in [4.69, 9.17) is 4.43 Å². The Morgan fingerprint density at radius 3 is 2.33 bits per heavy atom. The molecule has 0 fully saturated rings. The Morgan fingerprint density at radius 1 is 1.33 bits per heavy atom. The van der Waals surface area contributed by atoms with Gasteiger partial charge in [0.2, 0.25) is 0 Å². The maximum absolute atomic E-state index is 5.76. The van der Waals surface area contributed by atoms with Crippen LogP contribution in [0.3, 0.4) is 0 Å². The molecule has 0 bridgehead atoms. The molecule has 0 saturated heterocycles. The van der Waals surface area contributed by atoms with Crippen LogP contribution in [0.1, 0.15) is 26.2 Å². The first-order chi connectivity index (χ1) is 5.85. The highest BCUT2D eigenvalue weighted by Crippen LogP contribution is 2.05. The highest BCUT2D eigenvalue weighted by Gasteiger charge is 2.03. The molecule has 0 aromatic rings. The lowest BCUT2D eigenvalue weighted by atomic mass is 10.2. The first kappa shape index (κ1) is 11.7. The van der Waals surface area contributed by atoms with Gasteiger partial charge in [0.15, 0.2) is 9.76 Å². The molecule has 0 unspecified atom stereocenters. The monoisotopic (exact) mass is 184 g/mol. The highest BCUT2D eigenvalue weighted by atomic mass is 28.2. The molecule has 0 amide bonds. The Kier molecular flexibility index (Phi) is 8.50. The minimum absolute atomic E-state index is 0.272. The van der Waals surface area contributed by atoms with Crippen molar-refractivity contribution >= 4 is 9.76 Å². The lowest BCUT2D eigenvalue weighted by Crippen LogP contribution is -2.13. The SMILES string of the molecule is C=CCC(CC=C)O[SiH2]CCC. The van der Waals surface area contributed by atoms with Gasteiger partial charge in [-0.2, -0.15) is 0 Å². The van der Waals surface area contributed by atoms with Gasteiger partial charge in [-0.15, -0.1) is 13.2 Å². The molecule has 0 heterocycles. The summed E-state index contributed by atoms with van der Waals surface area (Å²) in [6.07, 6.45) is 7.38. The molecule has 2 heteroatoms. The number of hydrogen-bond donors (Lipinski definition) is 0. The average Bonchev–Trinajstić information content (AvgIpc) is 2.06. The van der Waals surface area contributed by atoms with E-state index in [0.29, 0.717) is 6.10 Å². The summed E-state index contributed by atoms with van der Waals surface area (Å²) < 4.78 is 5.76. The molecule has 0 spiro atoms. The third-order valence-corrected chi connectivity index (χ3v) is 3.41. The quantitative estimate of drug-likeness (QED) is 0.320. The van der Waals surface area contributed by atoms with Gasteiger partial charge in [-0.3, -0.25) is 0 Å². The lowest BCUT2D eigenvalue weighted by Gasteiger charge is -2.13. The van der Waals surface area contributed by atoms with Crippen LogP contribution in [-0.4, -0.2) is 15.9 Å². The van der Waals surface area contributed by atoms with E-state index in [-0.39, 0.29) is 9.76 Å². The predicted octanol–water partition coefficient (Wildman–Crippen LogP) is 2.44. The average molecular weight is 184 g/mol. The van der Waals surface area contributed by atoms with E-state index in [1.165, 1.54) is 12.5 Å². The molecule has 0 aromatic carbocycles. The minimum Gasteiger partial charge on any atom is -0.420 e. The Bertz CT molecular complexity index is 113. The summed E-state index contributed by atoms with van der Waals surface area (Å²) in [7, 11) is -0.272. The second-order valence-electron chi connectivity index (χ2n) is 2.90. The van der Waals surface area contributed by atoms with E-state index in [1.54, 1.807) is 0 Å². The van der Waals surface area contributed by atoms with Crippen LogP contribution in [0.2, 0.25) is 6.04 Å². The Balaban J connectivity index is 3.47. The van der Waals surface area contributed by atoms with E-state index in [1.807, 2.05) is 12.2 Å². The van der Waals surface area contributed by atoms with E-state index >= 15 is 0 Å². The summed E-state index contributed by atoms with van der Waals surface area (Å²) in [6.45, 7) is 9.62. The molecule has 0 radical (unpaired) electrons. The van der Waals surface area contributed by atoms with Gasteiger partial charge in [0.25, 0.3) is 0 Å². The van der Waals surface area contributed by atoms with Crippen LogP contribution in [0.4, 0.5) is 0 Å². The zero-order chi connectivity index (χ0) is 9.23. The first-order valence-electron chi connectivity index (χ1n) is 4.68. The zero-order valence-electron chi connectivity index (χ0n) is 8.09. The minimum atomic E-state index is -0.272. The van der Waals surface area contributed by atoms with E-state index < -0.39 is 0 Å². The fraction of sp³-hybridized carbons (Fsp3) is 0.600. The van der Waals surface area contributed by atoms with Crippen molar-refractivity contribution in [3.05, 3.63) is 25.3 Å². The van der Waals surface area contributed by atoms with Crippen molar-refractivity contribution in [1.82, 2.24) is 0 Å². The number of rotatable bonds is 8. The Morgan fingerprint density at radius 2 is 1.92 bits per heavy atom. The van der Waals surface area contributed by atoms with Crippen molar-refractivity contribution < 1.29 is 4.43 Å². The predicted molar refractivity (Wildman–Crippen MR) is 58.1 cm³/mol. The number of hydrogen-bond acceptors (Lipinski definition) is 1. The normalized spacial score (nSPS) is 11.2. The lowest BCUT2D eigenvalue weighted by molar-refractivity contribution is 0.219. The summed E-state index contributed by atoms with van der Waals surface area (Å²) in [5, 5.41) is 0. The van der Waals surface area contributed by atoms with E-state index in [9.17, 15) is 0 Å². The van der Waals surface area contributed by atoms with Crippen LogP contribution < -0.4 is 0 Å². The molecular formula is C10H20OSi. The fourth-order valence-corrected chi connectivity index (χ4v) is 2.06. The molecule has 0 aliphatic heterocycles. The second kappa shape index (κ2) is 8.75. The van der Waals surface area contributed by atoms with Crippen LogP contribution in [0.5, 0.6) is 0 Å². The Hall–Kier alpha value is -0.343. The van der Waals surface area contributed by atoms with Crippen LogP contribution in [0.15, 0.2) is 25.3 Å². The van der Waals surface area contributed by atoms with E-state index in [0.717, 1.165) is 12.8 Å². The van der Waals surface area contributed by atoms with Crippen LogP contribution in [0.25, 0.3) is 0 Å². The molecule has 0 aliphatic carbocycles. The van der Waals surface area contributed by atoms with Crippen molar-refractivity contribution in [1.29, 1.82) is 0 Å². The molecule has 12 heavy (non-hydrogen) atoms. The topological polar surface area (TPSA) is 9.23 Å².